The Kier molecular flexibility index (Phi) is 3.39. The first-order valence-corrected chi connectivity index (χ1v) is 10.4. The lowest BCUT2D eigenvalue weighted by Crippen LogP contribution is -2.58. The molecule has 1 saturated heterocycles. The van der Waals surface area contributed by atoms with Gasteiger partial charge in [0.15, 0.2) is 5.79 Å². The summed E-state index contributed by atoms with van der Waals surface area (Å²) < 4.78 is 5.82. The van der Waals surface area contributed by atoms with Gasteiger partial charge in [0.2, 0.25) is 0 Å². The molecule has 1 aliphatic heterocycles. The second kappa shape index (κ2) is 5.08. The molecule has 1 heterocycles. The molecule has 2 N–H and O–H groups in total. The number of Topliss-reactive ketones (excluding diaryl/α,β-unsaturated/α-hetero) is 1. The van der Waals surface area contributed by atoms with Crippen molar-refractivity contribution in [2.45, 2.75) is 77.1 Å². The summed E-state index contributed by atoms with van der Waals surface area (Å²) >= 11 is 0. The number of hydrogen-bond acceptors (Lipinski definition) is 4. The lowest BCUT2D eigenvalue weighted by Gasteiger charge is -2.60. The van der Waals surface area contributed by atoms with E-state index < -0.39 is 11.9 Å². The van der Waals surface area contributed by atoms with E-state index in [1.54, 1.807) is 0 Å². The first-order chi connectivity index (χ1) is 11.8. The third-order valence-electron chi connectivity index (χ3n) is 9.49. The molecule has 5 aliphatic rings. The first-order valence-electron chi connectivity index (χ1n) is 10.4. The Labute approximate surface area is 150 Å². The van der Waals surface area contributed by atoms with Gasteiger partial charge in [-0.2, -0.15) is 0 Å². The molecule has 5 rings (SSSR count). The molecule has 5 fully saturated rings. The van der Waals surface area contributed by atoms with Crippen LogP contribution in [0.1, 0.15) is 65.2 Å². The predicted octanol–water partition coefficient (Wildman–Crippen LogP) is 2.90. The highest BCUT2D eigenvalue weighted by molar-refractivity contribution is 5.84. The van der Waals surface area contributed by atoms with Gasteiger partial charge in [-0.3, -0.25) is 4.79 Å². The number of aliphatic hydroxyl groups is 2. The zero-order valence-corrected chi connectivity index (χ0v) is 15.5. The molecule has 0 aromatic heterocycles. The van der Waals surface area contributed by atoms with Gasteiger partial charge in [-0.05, 0) is 67.6 Å². The van der Waals surface area contributed by atoms with Gasteiger partial charge in [-0.15, -0.1) is 0 Å². The van der Waals surface area contributed by atoms with Crippen LogP contribution in [0.2, 0.25) is 0 Å². The Balaban J connectivity index is 1.50. The van der Waals surface area contributed by atoms with E-state index in [2.05, 4.69) is 13.8 Å². The van der Waals surface area contributed by atoms with Crippen LogP contribution in [0, 0.1) is 40.4 Å². The molecule has 4 saturated carbocycles. The average Bonchev–Trinajstić information content (AvgIpc) is 3.02. The van der Waals surface area contributed by atoms with Crippen LogP contribution in [0.25, 0.3) is 0 Å². The maximum absolute atomic E-state index is 12.7. The fourth-order valence-electron chi connectivity index (χ4n) is 8.33. The smallest absolute Gasteiger partial charge is 0.192 e. The molecule has 4 aliphatic carbocycles. The number of ether oxygens (including phenoxy) is 1. The van der Waals surface area contributed by atoms with Crippen LogP contribution in [0.15, 0.2) is 0 Å². The highest BCUT2D eigenvalue weighted by atomic mass is 16.6. The van der Waals surface area contributed by atoms with Crippen molar-refractivity contribution in [2.24, 2.45) is 40.4 Å². The molecule has 4 nitrogen and oxygen atoms in total. The fourth-order valence-corrected chi connectivity index (χ4v) is 8.33. The summed E-state index contributed by atoms with van der Waals surface area (Å²) in [6.45, 7) is 5.15. The van der Waals surface area contributed by atoms with Gasteiger partial charge in [0, 0.05) is 24.2 Å². The maximum atomic E-state index is 12.7. The van der Waals surface area contributed by atoms with Gasteiger partial charge in [0.1, 0.15) is 11.9 Å². The fraction of sp³-hybridized carbons (Fsp3) is 0.952. The van der Waals surface area contributed by atoms with Gasteiger partial charge < -0.3 is 14.9 Å². The van der Waals surface area contributed by atoms with E-state index in [9.17, 15) is 15.0 Å². The Bertz CT molecular complexity index is 605. The van der Waals surface area contributed by atoms with E-state index in [4.69, 9.17) is 4.74 Å². The van der Waals surface area contributed by atoms with E-state index in [0.717, 1.165) is 32.1 Å². The van der Waals surface area contributed by atoms with Gasteiger partial charge in [-0.1, -0.05) is 13.8 Å². The Morgan fingerprint density at radius 3 is 2.80 bits per heavy atom. The van der Waals surface area contributed by atoms with Crippen molar-refractivity contribution in [3.63, 3.8) is 0 Å². The van der Waals surface area contributed by atoms with Crippen LogP contribution in [0.5, 0.6) is 0 Å². The highest BCUT2D eigenvalue weighted by Gasteiger charge is 2.68. The van der Waals surface area contributed by atoms with Crippen LogP contribution in [-0.2, 0) is 9.53 Å². The molecule has 9 atom stereocenters. The van der Waals surface area contributed by atoms with Crippen LogP contribution < -0.4 is 0 Å². The molecule has 0 amide bonds. The number of carbonyl (C=O) groups excluding carboxylic acids is 1. The topological polar surface area (TPSA) is 66.8 Å². The van der Waals surface area contributed by atoms with Crippen molar-refractivity contribution in [1.29, 1.82) is 0 Å². The van der Waals surface area contributed by atoms with Crippen molar-refractivity contribution in [3.05, 3.63) is 0 Å². The molecular formula is C21H32O4. The summed E-state index contributed by atoms with van der Waals surface area (Å²) in [5.41, 5.74) is 0.214. The van der Waals surface area contributed by atoms with Gasteiger partial charge >= 0.3 is 0 Å². The molecule has 1 spiro atoms. The third-order valence-corrected chi connectivity index (χ3v) is 9.49. The van der Waals surface area contributed by atoms with Crippen LogP contribution in [-0.4, -0.2) is 34.5 Å². The molecule has 25 heavy (non-hydrogen) atoms. The van der Waals surface area contributed by atoms with Crippen LogP contribution in [0.3, 0.4) is 0 Å². The van der Waals surface area contributed by atoms with E-state index >= 15 is 0 Å². The zero-order chi connectivity index (χ0) is 17.6. The van der Waals surface area contributed by atoms with Crippen molar-refractivity contribution in [3.8, 4) is 0 Å². The number of fused-ring (bicyclic) bond motifs is 4. The molecule has 0 aromatic carbocycles. The normalized spacial score (nSPS) is 60.1. The number of ketones is 1. The zero-order valence-electron chi connectivity index (χ0n) is 15.5. The lowest BCUT2D eigenvalue weighted by molar-refractivity contribution is -0.242. The molecule has 2 bridgehead atoms. The van der Waals surface area contributed by atoms with E-state index in [1.165, 1.54) is 6.42 Å². The van der Waals surface area contributed by atoms with Crippen molar-refractivity contribution in [2.75, 3.05) is 6.61 Å². The SMILES string of the molecule is CC[C@H]1C(=O)C[C@H]2[C@@H]3CC[C@H]4C[C@@H](O)[C@]5(O)C[C@]4(CO5)[C@H]3CC[C@]12C. The van der Waals surface area contributed by atoms with Crippen molar-refractivity contribution < 1.29 is 19.7 Å². The second-order valence-electron chi connectivity index (χ2n) is 10.1. The monoisotopic (exact) mass is 348 g/mol. The van der Waals surface area contributed by atoms with Crippen LogP contribution >= 0.6 is 0 Å². The summed E-state index contributed by atoms with van der Waals surface area (Å²) in [6.07, 6.45) is 6.89. The quantitative estimate of drug-likeness (QED) is 0.765. The predicted molar refractivity (Wildman–Crippen MR) is 92.5 cm³/mol. The maximum Gasteiger partial charge on any atom is 0.192 e. The lowest BCUT2D eigenvalue weighted by atomic mass is 9.44. The number of hydrogen-bond donors (Lipinski definition) is 2. The second-order valence-corrected chi connectivity index (χ2v) is 10.1. The Morgan fingerprint density at radius 2 is 2.04 bits per heavy atom. The minimum atomic E-state index is -1.32. The molecule has 0 radical (unpaired) electrons. The minimum absolute atomic E-state index is 0.0333. The van der Waals surface area contributed by atoms with E-state index in [0.29, 0.717) is 48.9 Å². The van der Waals surface area contributed by atoms with Gasteiger partial charge in [-0.25, -0.2) is 0 Å². The van der Waals surface area contributed by atoms with E-state index in [1.807, 2.05) is 0 Å². The van der Waals surface area contributed by atoms with E-state index in [-0.39, 0.29) is 16.7 Å². The summed E-state index contributed by atoms with van der Waals surface area (Å²) in [7, 11) is 0. The number of aliphatic hydroxyl groups excluding tert-OH is 1. The highest BCUT2D eigenvalue weighted by Crippen LogP contribution is 2.69. The molecule has 0 aromatic rings. The summed E-state index contributed by atoms with van der Waals surface area (Å²) in [5, 5.41) is 21.1. The van der Waals surface area contributed by atoms with Crippen molar-refractivity contribution >= 4 is 5.78 Å². The Morgan fingerprint density at radius 1 is 1.24 bits per heavy atom. The molecule has 4 heteroatoms. The Hall–Kier alpha value is -0.450. The summed E-state index contributed by atoms with van der Waals surface area (Å²) in [4.78, 5) is 12.7. The van der Waals surface area contributed by atoms with Gasteiger partial charge in [0.05, 0.1) is 6.61 Å². The van der Waals surface area contributed by atoms with Crippen molar-refractivity contribution in [1.82, 2.24) is 0 Å². The standard InChI is InChI=1S/C21H32O4/c1-3-14-17(22)9-16-13-5-4-12-8-18(23)21(24)10-20(12,11-25-21)15(13)6-7-19(14,16)2/h12-16,18,23-24H,3-11H2,1-2H3/t12-,13+,14-,15-,16-,18+,19+,20+,21-/m0/s1. The minimum Gasteiger partial charge on any atom is -0.388 e. The average molecular weight is 348 g/mol. The molecule has 140 valence electrons. The molecule has 0 unspecified atom stereocenters. The van der Waals surface area contributed by atoms with Crippen LogP contribution in [0.4, 0.5) is 0 Å². The summed E-state index contributed by atoms with van der Waals surface area (Å²) in [6, 6.07) is 0. The largest absolute Gasteiger partial charge is 0.388 e. The molecular weight excluding hydrogens is 316 g/mol. The third kappa shape index (κ3) is 1.92. The first kappa shape index (κ1) is 16.7. The summed E-state index contributed by atoms with van der Waals surface area (Å²) in [5.74, 6) is 1.55. The van der Waals surface area contributed by atoms with Gasteiger partial charge in [0.25, 0.3) is 0 Å². The number of rotatable bonds is 1. The number of carbonyl (C=O) groups is 1.